The number of nitrogens with zero attached hydrogens (tertiary/aromatic N) is 2. The van der Waals surface area contributed by atoms with E-state index in [2.05, 4.69) is 28.7 Å². The summed E-state index contributed by atoms with van der Waals surface area (Å²) < 4.78 is 28.2. The molecule has 2 aliphatic rings. The Bertz CT molecular complexity index is 1150. The van der Waals surface area contributed by atoms with Crippen molar-refractivity contribution >= 4 is 25.6 Å². The maximum absolute atomic E-state index is 12.2. The second-order valence-corrected chi connectivity index (χ2v) is 9.67. The first-order valence-electron chi connectivity index (χ1n) is 10.6. The van der Waals surface area contributed by atoms with Crippen LogP contribution in [0.15, 0.2) is 53.4 Å². The molecule has 0 aliphatic carbocycles. The van der Waals surface area contributed by atoms with E-state index < -0.39 is 26.0 Å². The highest BCUT2D eigenvalue weighted by Gasteiger charge is 2.42. The first-order chi connectivity index (χ1) is 16.6. The number of ether oxygens (including phenoxy) is 2. The summed E-state index contributed by atoms with van der Waals surface area (Å²) >= 11 is 0. The molecule has 0 radical (unpaired) electrons. The lowest BCUT2D eigenvalue weighted by molar-refractivity contribution is -0.0616. The van der Waals surface area contributed by atoms with E-state index in [1.54, 1.807) is 35.4 Å². The van der Waals surface area contributed by atoms with Gasteiger partial charge in [0.15, 0.2) is 0 Å². The largest absolute Gasteiger partial charge is 0.383 e. The van der Waals surface area contributed by atoms with E-state index in [1.807, 2.05) is 0 Å². The molecular formula is C23H27N4O7P. The highest BCUT2D eigenvalue weighted by atomic mass is 31.2. The van der Waals surface area contributed by atoms with Gasteiger partial charge >= 0.3 is 7.60 Å². The number of aliphatic imine (C=N–C) groups is 1. The van der Waals surface area contributed by atoms with Crippen molar-refractivity contribution in [2.75, 3.05) is 26.9 Å². The molecule has 1 fully saturated rings. The topological polar surface area (TPSA) is 153 Å². The van der Waals surface area contributed by atoms with Crippen LogP contribution in [0.4, 0.5) is 0 Å². The van der Waals surface area contributed by atoms with Gasteiger partial charge in [0.1, 0.15) is 30.3 Å². The molecule has 4 atom stereocenters. The lowest BCUT2D eigenvalue weighted by Gasteiger charge is -2.29. The van der Waals surface area contributed by atoms with Crippen LogP contribution >= 0.6 is 7.60 Å². The van der Waals surface area contributed by atoms with Gasteiger partial charge in [0.25, 0.3) is 5.91 Å². The van der Waals surface area contributed by atoms with Crippen molar-refractivity contribution in [1.82, 2.24) is 10.2 Å². The van der Waals surface area contributed by atoms with Crippen molar-refractivity contribution < 1.29 is 33.0 Å². The number of hydrogen-bond acceptors (Lipinski definition) is 9. The van der Waals surface area contributed by atoms with E-state index in [0.717, 1.165) is 6.66 Å². The minimum Gasteiger partial charge on any atom is -0.383 e. The van der Waals surface area contributed by atoms with Crippen LogP contribution in [0, 0.1) is 11.8 Å². The van der Waals surface area contributed by atoms with Gasteiger partial charge in [0.2, 0.25) is 0 Å². The second-order valence-electron chi connectivity index (χ2n) is 7.85. The van der Waals surface area contributed by atoms with Crippen molar-refractivity contribution in [2.24, 2.45) is 10.7 Å². The molecule has 35 heavy (non-hydrogen) atoms. The molecule has 0 aromatic heterocycles. The van der Waals surface area contributed by atoms with Crippen LogP contribution in [0.25, 0.3) is 0 Å². The van der Waals surface area contributed by atoms with E-state index in [-0.39, 0.29) is 31.3 Å². The quantitative estimate of drug-likeness (QED) is 0.271. The third-order valence-corrected chi connectivity index (χ3v) is 5.78. The highest BCUT2D eigenvalue weighted by molar-refractivity contribution is 7.51. The van der Waals surface area contributed by atoms with Gasteiger partial charge in [-0.15, -0.1) is 0 Å². The predicted octanol–water partition coefficient (Wildman–Crippen LogP) is 1.22. The van der Waals surface area contributed by atoms with Gasteiger partial charge in [-0.1, -0.05) is 30.6 Å². The molecule has 4 unspecified atom stereocenters. The summed E-state index contributed by atoms with van der Waals surface area (Å²) in [6, 6.07) is 6.20. The minimum atomic E-state index is -3.74. The van der Waals surface area contributed by atoms with Gasteiger partial charge in [-0.25, -0.2) is 4.99 Å². The number of nitrogens with two attached hydrogens (primary N) is 1. The summed E-state index contributed by atoms with van der Waals surface area (Å²) in [5.41, 5.74) is 7.26. The normalized spacial score (nSPS) is 23.5. The molecule has 1 saturated heterocycles. The average Bonchev–Trinajstić information content (AvgIpc) is 3.18. The Labute approximate surface area is 203 Å². The zero-order chi connectivity index (χ0) is 25.6. The highest BCUT2D eigenvalue weighted by Crippen LogP contribution is 2.43. The Morgan fingerprint density at radius 1 is 1.46 bits per heavy atom. The number of nitrogens with one attached hydrogen (secondary N) is 1. The summed E-state index contributed by atoms with van der Waals surface area (Å²) in [7, 11) is -2.25. The standard InChI is InChI=1S/C23H27N4O7P/c1-15-26-22(24)18(5-4-10-25-23(29)17-8-6-16(13-28)7-9-17)12-27(15)21-11-19(34-35(3,30)31)20(33-21)14-32-2/h6-9,12-13,19-21H,1,10-11,14H2,2-3H3,(H2,24,26)(H,25,29)(H,30,31). The minimum absolute atomic E-state index is 0.0495. The smallest absolute Gasteiger partial charge is 0.325 e. The SMILES string of the molecule is C=C1N=C(N)C(C#CCNC(=O)c2ccc(C=O)cc2)=CN1C1CC(OP(C)(=O)O)C(COC)O1. The van der Waals surface area contributed by atoms with Crippen LogP contribution in [0.1, 0.15) is 27.1 Å². The van der Waals surface area contributed by atoms with Crippen LogP contribution in [-0.4, -0.2) is 73.2 Å². The van der Waals surface area contributed by atoms with Crippen LogP contribution < -0.4 is 11.1 Å². The molecule has 12 heteroatoms. The third kappa shape index (κ3) is 7.11. The first kappa shape index (κ1) is 26.3. The van der Waals surface area contributed by atoms with E-state index in [1.165, 1.54) is 7.11 Å². The summed E-state index contributed by atoms with van der Waals surface area (Å²) in [6.07, 6.45) is 0.749. The van der Waals surface area contributed by atoms with Crippen LogP contribution in [0.5, 0.6) is 0 Å². The molecule has 0 saturated carbocycles. The summed E-state index contributed by atoms with van der Waals surface area (Å²) in [6.45, 7) is 5.22. The van der Waals surface area contributed by atoms with Gasteiger partial charge in [-0.2, -0.15) is 0 Å². The lowest BCUT2D eigenvalue weighted by Crippen LogP contribution is -2.35. The average molecular weight is 502 g/mol. The fourth-order valence-corrected chi connectivity index (χ4v) is 4.23. The summed E-state index contributed by atoms with van der Waals surface area (Å²) in [5, 5.41) is 2.67. The molecule has 186 valence electrons. The molecule has 4 N–H and O–H groups in total. The van der Waals surface area contributed by atoms with Gasteiger partial charge in [0, 0.05) is 37.5 Å². The van der Waals surface area contributed by atoms with Crippen LogP contribution in [0.2, 0.25) is 0 Å². The Morgan fingerprint density at radius 2 is 2.17 bits per heavy atom. The monoisotopic (exact) mass is 502 g/mol. The lowest BCUT2D eigenvalue weighted by atomic mass is 10.1. The Morgan fingerprint density at radius 3 is 2.80 bits per heavy atom. The van der Waals surface area contributed by atoms with Gasteiger partial charge < -0.3 is 34.8 Å². The van der Waals surface area contributed by atoms with E-state index in [0.29, 0.717) is 28.8 Å². The van der Waals surface area contributed by atoms with Crippen molar-refractivity contribution in [2.45, 2.75) is 24.9 Å². The molecule has 0 bridgehead atoms. The van der Waals surface area contributed by atoms with Crippen molar-refractivity contribution in [3.05, 3.63) is 59.6 Å². The summed E-state index contributed by atoms with van der Waals surface area (Å²) in [4.78, 5) is 38.4. The van der Waals surface area contributed by atoms with Gasteiger partial charge in [-0.05, 0) is 12.1 Å². The number of carbonyl (C=O) groups is 2. The molecule has 11 nitrogen and oxygen atoms in total. The Balaban J connectivity index is 1.67. The molecule has 2 aliphatic heterocycles. The fourth-order valence-electron chi connectivity index (χ4n) is 3.51. The molecule has 2 heterocycles. The molecule has 1 aromatic rings. The second kappa shape index (κ2) is 11.4. The number of benzene rings is 1. The Hall–Kier alpha value is -3.26. The number of rotatable bonds is 8. The molecule has 1 aromatic carbocycles. The van der Waals surface area contributed by atoms with Crippen molar-refractivity contribution in [3.63, 3.8) is 0 Å². The number of hydrogen-bond donors (Lipinski definition) is 3. The molecule has 0 spiro atoms. The number of amides is 1. The Kier molecular flexibility index (Phi) is 8.62. The molecule has 1 amide bonds. The molecular weight excluding hydrogens is 475 g/mol. The fraction of sp³-hybridized carbons (Fsp3) is 0.348. The van der Waals surface area contributed by atoms with E-state index in [9.17, 15) is 19.0 Å². The van der Waals surface area contributed by atoms with Gasteiger partial charge in [-0.3, -0.25) is 14.2 Å². The van der Waals surface area contributed by atoms with Crippen LogP contribution in [0.3, 0.4) is 0 Å². The number of methoxy groups -OCH3 is 1. The third-order valence-electron chi connectivity index (χ3n) is 5.11. The number of aldehydes is 1. The van der Waals surface area contributed by atoms with E-state index in [4.69, 9.17) is 19.7 Å². The first-order valence-corrected chi connectivity index (χ1v) is 12.6. The zero-order valence-electron chi connectivity index (χ0n) is 19.3. The maximum Gasteiger partial charge on any atom is 0.325 e. The zero-order valence-corrected chi connectivity index (χ0v) is 20.2. The summed E-state index contributed by atoms with van der Waals surface area (Å²) in [5.74, 6) is 5.83. The van der Waals surface area contributed by atoms with Gasteiger partial charge in [0.05, 0.1) is 24.8 Å². The van der Waals surface area contributed by atoms with Crippen LogP contribution in [-0.2, 0) is 18.6 Å². The predicted molar refractivity (Wildman–Crippen MR) is 128 cm³/mol. The van der Waals surface area contributed by atoms with E-state index >= 15 is 0 Å². The maximum atomic E-state index is 12.2. The molecule has 3 rings (SSSR count). The van der Waals surface area contributed by atoms with Crippen molar-refractivity contribution in [3.8, 4) is 11.8 Å². The number of amidine groups is 1. The number of carbonyl (C=O) groups excluding carboxylic acids is 2. The van der Waals surface area contributed by atoms with Crippen molar-refractivity contribution in [1.29, 1.82) is 0 Å².